The molecule has 2 aromatic rings. The van der Waals surface area contributed by atoms with Crippen LogP contribution in [0.5, 0.6) is 0 Å². The van der Waals surface area contributed by atoms with Gasteiger partial charge in [0.2, 0.25) is 0 Å². The number of nitrogens with one attached hydrogen (secondary N) is 2. The normalized spacial score (nSPS) is 17.7. The minimum Gasteiger partial charge on any atom is -0.349 e. The molecular weight excluding hydrogens is 425 g/mol. The van der Waals surface area contributed by atoms with Gasteiger partial charge in [-0.2, -0.15) is 0 Å². The second kappa shape index (κ2) is 9.43. The molecular formula is C22H25ClFN3O2S. The van der Waals surface area contributed by atoms with Gasteiger partial charge in [0.1, 0.15) is 5.15 Å². The number of halogens is 2. The molecule has 2 saturated carbocycles. The van der Waals surface area contributed by atoms with Gasteiger partial charge in [-0.1, -0.05) is 24.4 Å². The summed E-state index contributed by atoms with van der Waals surface area (Å²) in [5.41, 5.74) is -0.132. The van der Waals surface area contributed by atoms with E-state index in [-0.39, 0.29) is 28.6 Å². The molecule has 0 radical (unpaired) electrons. The lowest BCUT2D eigenvalue weighted by Crippen LogP contribution is -2.47. The van der Waals surface area contributed by atoms with Crippen molar-refractivity contribution in [3.8, 4) is 0 Å². The first kappa shape index (κ1) is 21.2. The van der Waals surface area contributed by atoms with Crippen molar-refractivity contribution in [1.29, 1.82) is 0 Å². The summed E-state index contributed by atoms with van der Waals surface area (Å²) in [6.45, 7) is 0.311. The molecule has 8 heteroatoms. The number of rotatable bonds is 8. The highest BCUT2D eigenvalue weighted by Gasteiger charge is 2.28. The molecule has 2 aliphatic carbocycles. The molecule has 0 aliphatic heterocycles. The molecule has 30 heavy (non-hydrogen) atoms. The van der Waals surface area contributed by atoms with Crippen molar-refractivity contribution in [2.45, 2.75) is 51.0 Å². The first-order valence-corrected chi connectivity index (χ1v) is 11.7. The molecule has 2 fully saturated rings. The predicted molar refractivity (Wildman–Crippen MR) is 115 cm³/mol. The van der Waals surface area contributed by atoms with Gasteiger partial charge < -0.3 is 10.6 Å². The summed E-state index contributed by atoms with van der Waals surface area (Å²) in [5.74, 6) is -0.344. The SMILES string of the molecule is O=C(NCC(NC(=O)c1cc(Cl)ncc1F)C1CCCC1)c1ccc(CC2CC2)s1. The third-order valence-corrected chi connectivity index (χ3v) is 7.22. The van der Waals surface area contributed by atoms with E-state index < -0.39 is 11.7 Å². The van der Waals surface area contributed by atoms with Crippen LogP contribution in [0.2, 0.25) is 5.15 Å². The van der Waals surface area contributed by atoms with Crippen molar-refractivity contribution in [1.82, 2.24) is 15.6 Å². The standard InChI is InChI=1S/C22H25ClFN3O2S/c23-20-10-16(17(24)11-25-20)21(28)27-18(14-3-1-2-4-14)12-26-22(29)19-8-7-15(30-19)9-13-5-6-13/h7-8,10-11,13-14,18H,1-6,9,12H2,(H,26,29)(H,27,28). The number of carbonyl (C=O) groups excluding carboxylic acids is 2. The fourth-order valence-electron chi connectivity index (χ4n) is 4.03. The summed E-state index contributed by atoms with van der Waals surface area (Å²) < 4.78 is 14.0. The van der Waals surface area contributed by atoms with Crippen LogP contribution in [-0.4, -0.2) is 29.4 Å². The Kier molecular flexibility index (Phi) is 6.68. The molecule has 1 atom stereocenters. The summed E-state index contributed by atoms with van der Waals surface area (Å²) in [6.07, 6.45) is 8.71. The van der Waals surface area contributed by atoms with E-state index in [0.29, 0.717) is 11.4 Å². The van der Waals surface area contributed by atoms with E-state index in [1.807, 2.05) is 12.1 Å². The number of hydrogen-bond donors (Lipinski definition) is 2. The zero-order valence-corrected chi connectivity index (χ0v) is 18.2. The Morgan fingerprint density at radius 2 is 1.97 bits per heavy atom. The van der Waals surface area contributed by atoms with Gasteiger partial charge in [0, 0.05) is 17.5 Å². The van der Waals surface area contributed by atoms with Gasteiger partial charge in [-0.15, -0.1) is 11.3 Å². The first-order chi connectivity index (χ1) is 14.5. The highest BCUT2D eigenvalue weighted by atomic mass is 35.5. The molecule has 2 heterocycles. The van der Waals surface area contributed by atoms with Crippen LogP contribution in [0.4, 0.5) is 4.39 Å². The Morgan fingerprint density at radius 3 is 2.70 bits per heavy atom. The van der Waals surface area contributed by atoms with Gasteiger partial charge in [-0.05, 0) is 62.1 Å². The molecule has 0 spiro atoms. The van der Waals surface area contributed by atoms with E-state index in [0.717, 1.165) is 44.2 Å². The fraction of sp³-hybridized carbons (Fsp3) is 0.500. The average molecular weight is 450 g/mol. The highest BCUT2D eigenvalue weighted by molar-refractivity contribution is 7.14. The lowest BCUT2D eigenvalue weighted by Gasteiger charge is -2.25. The number of carbonyl (C=O) groups is 2. The van der Waals surface area contributed by atoms with Crippen LogP contribution >= 0.6 is 22.9 Å². The quantitative estimate of drug-likeness (QED) is 0.578. The molecule has 2 N–H and O–H groups in total. The van der Waals surface area contributed by atoms with E-state index in [9.17, 15) is 14.0 Å². The van der Waals surface area contributed by atoms with Gasteiger partial charge in [0.25, 0.3) is 11.8 Å². The summed E-state index contributed by atoms with van der Waals surface area (Å²) in [6, 6.07) is 4.87. The predicted octanol–water partition coefficient (Wildman–Crippen LogP) is 4.61. The first-order valence-electron chi connectivity index (χ1n) is 10.5. The van der Waals surface area contributed by atoms with Crippen LogP contribution in [0, 0.1) is 17.7 Å². The number of pyridine rings is 1. The zero-order valence-electron chi connectivity index (χ0n) is 16.6. The van der Waals surface area contributed by atoms with E-state index in [1.54, 1.807) is 0 Å². The van der Waals surface area contributed by atoms with E-state index in [1.165, 1.54) is 35.1 Å². The molecule has 0 saturated heterocycles. The van der Waals surface area contributed by atoms with Gasteiger partial charge in [0.05, 0.1) is 16.6 Å². The third kappa shape index (κ3) is 5.38. The molecule has 2 aromatic heterocycles. The van der Waals surface area contributed by atoms with Crippen molar-refractivity contribution < 1.29 is 14.0 Å². The van der Waals surface area contributed by atoms with E-state index in [2.05, 4.69) is 15.6 Å². The smallest absolute Gasteiger partial charge is 0.261 e. The molecule has 1 unspecified atom stereocenters. The van der Waals surface area contributed by atoms with Gasteiger partial charge in [0.15, 0.2) is 5.82 Å². The van der Waals surface area contributed by atoms with Crippen molar-refractivity contribution in [3.05, 3.63) is 50.7 Å². The van der Waals surface area contributed by atoms with Gasteiger partial charge in [-0.25, -0.2) is 9.37 Å². The Balaban J connectivity index is 1.39. The van der Waals surface area contributed by atoms with Gasteiger partial charge in [-0.3, -0.25) is 9.59 Å². The minimum atomic E-state index is -0.715. The number of amides is 2. The largest absolute Gasteiger partial charge is 0.349 e. The van der Waals surface area contributed by atoms with E-state index in [4.69, 9.17) is 11.6 Å². The number of aromatic nitrogens is 1. The maximum Gasteiger partial charge on any atom is 0.261 e. The molecule has 160 valence electrons. The molecule has 0 bridgehead atoms. The summed E-state index contributed by atoms with van der Waals surface area (Å²) in [7, 11) is 0. The Bertz CT molecular complexity index is 925. The molecule has 5 nitrogen and oxygen atoms in total. The Labute approximate surface area is 184 Å². The van der Waals surface area contributed by atoms with Crippen LogP contribution in [0.1, 0.15) is 63.4 Å². The fourth-order valence-corrected chi connectivity index (χ4v) is 5.23. The van der Waals surface area contributed by atoms with Crippen LogP contribution < -0.4 is 10.6 Å². The maximum atomic E-state index is 14.0. The van der Waals surface area contributed by atoms with Crippen LogP contribution in [0.25, 0.3) is 0 Å². The highest BCUT2D eigenvalue weighted by Crippen LogP contribution is 2.34. The van der Waals surface area contributed by atoms with Gasteiger partial charge >= 0.3 is 0 Å². The van der Waals surface area contributed by atoms with E-state index >= 15 is 0 Å². The second-order valence-corrected chi connectivity index (χ2v) is 9.79. The number of hydrogen-bond acceptors (Lipinski definition) is 4. The number of thiophene rings is 1. The molecule has 2 amide bonds. The number of nitrogens with zero attached hydrogens (tertiary/aromatic N) is 1. The third-order valence-electron chi connectivity index (χ3n) is 5.91. The average Bonchev–Trinajstić information content (AvgIpc) is 3.18. The topological polar surface area (TPSA) is 71.1 Å². The molecule has 2 aliphatic rings. The lowest BCUT2D eigenvalue weighted by molar-refractivity contribution is 0.0891. The molecule has 0 aromatic carbocycles. The Hall–Kier alpha value is -1.99. The zero-order chi connectivity index (χ0) is 21.1. The Morgan fingerprint density at radius 1 is 1.20 bits per heavy atom. The molecule has 4 rings (SSSR count). The maximum absolute atomic E-state index is 14.0. The monoisotopic (exact) mass is 449 g/mol. The summed E-state index contributed by atoms with van der Waals surface area (Å²) >= 11 is 7.36. The minimum absolute atomic E-state index is 0.0620. The van der Waals surface area contributed by atoms with Crippen LogP contribution in [0.15, 0.2) is 24.4 Å². The van der Waals surface area contributed by atoms with Crippen LogP contribution in [-0.2, 0) is 6.42 Å². The second-order valence-electron chi connectivity index (χ2n) is 8.23. The van der Waals surface area contributed by atoms with Crippen LogP contribution in [0.3, 0.4) is 0 Å². The lowest BCUT2D eigenvalue weighted by atomic mass is 9.97. The summed E-state index contributed by atoms with van der Waals surface area (Å²) in [4.78, 5) is 30.9. The summed E-state index contributed by atoms with van der Waals surface area (Å²) in [5, 5.41) is 5.94. The van der Waals surface area contributed by atoms with Crippen molar-refractivity contribution in [3.63, 3.8) is 0 Å². The van der Waals surface area contributed by atoms with Crippen molar-refractivity contribution in [2.24, 2.45) is 11.8 Å². The van der Waals surface area contributed by atoms with Crippen molar-refractivity contribution >= 4 is 34.8 Å². The van der Waals surface area contributed by atoms with Crippen molar-refractivity contribution in [2.75, 3.05) is 6.54 Å².